The molecule has 0 bridgehead atoms. The Hall–Kier alpha value is -2.55. The van der Waals surface area contributed by atoms with Gasteiger partial charge in [0.1, 0.15) is 0 Å². The molecule has 1 aliphatic rings. The number of carbonyl (C=O) groups excluding carboxylic acids is 1. The standard InChI is InChI=1S/C21H22N2O/c1-15-18(17-10-5-6-11-19(17)22-15)14-21(24)23-13-7-12-20(23)16-8-3-2-4-9-16/h2-6,8-11,20,22H,7,12-14H2,1H3/t20-/m0/s1. The predicted molar refractivity (Wildman–Crippen MR) is 96.9 cm³/mol. The first-order valence-electron chi connectivity index (χ1n) is 8.64. The molecule has 122 valence electrons. The summed E-state index contributed by atoms with van der Waals surface area (Å²) in [7, 11) is 0. The first kappa shape index (κ1) is 15.0. The third-order valence-corrected chi connectivity index (χ3v) is 5.11. The van der Waals surface area contributed by atoms with Crippen LogP contribution in [0.25, 0.3) is 10.9 Å². The summed E-state index contributed by atoms with van der Waals surface area (Å²) < 4.78 is 0. The number of hydrogen-bond donors (Lipinski definition) is 1. The molecule has 1 N–H and O–H groups in total. The van der Waals surface area contributed by atoms with E-state index in [9.17, 15) is 4.79 Å². The smallest absolute Gasteiger partial charge is 0.227 e. The summed E-state index contributed by atoms with van der Waals surface area (Å²) in [6.45, 7) is 2.92. The number of aryl methyl sites for hydroxylation is 1. The number of likely N-dealkylation sites (tertiary alicyclic amines) is 1. The van der Waals surface area contributed by atoms with Gasteiger partial charge in [-0.05, 0) is 37.0 Å². The van der Waals surface area contributed by atoms with Crippen molar-refractivity contribution in [3.8, 4) is 0 Å². The molecule has 1 atom stereocenters. The topological polar surface area (TPSA) is 36.1 Å². The van der Waals surface area contributed by atoms with Crippen LogP contribution < -0.4 is 0 Å². The van der Waals surface area contributed by atoms with Crippen LogP contribution in [0, 0.1) is 6.92 Å². The van der Waals surface area contributed by atoms with Crippen molar-refractivity contribution in [3.63, 3.8) is 0 Å². The van der Waals surface area contributed by atoms with Crippen molar-refractivity contribution >= 4 is 16.8 Å². The Kier molecular flexibility index (Phi) is 3.85. The molecule has 0 unspecified atom stereocenters. The zero-order valence-electron chi connectivity index (χ0n) is 14.0. The van der Waals surface area contributed by atoms with Gasteiger partial charge in [-0.15, -0.1) is 0 Å². The second kappa shape index (κ2) is 6.16. The maximum Gasteiger partial charge on any atom is 0.227 e. The summed E-state index contributed by atoms with van der Waals surface area (Å²) in [6, 6.07) is 18.9. The van der Waals surface area contributed by atoms with E-state index in [0.717, 1.165) is 36.2 Å². The average molecular weight is 318 g/mol. The van der Waals surface area contributed by atoms with Gasteiger partial charge in [-0.25, -0.2) is 0 Å². The van der Waals surface area contributed by atoms with Gasteiger partial charge in [0.2, 0.25) is 5.91 Å². The van der Waals surface area contributed by atoms with Gasteiger partial charge in [0.25, 0.3) is 0 Å². The maximum absolute atomic E-state index is 13.0. The van der Waals surface area contributed by atoms with E-state index in [1.54, 1.807) is 0 Å². The Morgan fingerprint density at radius 3 is 2.71 bits per heavy atom. The van der Waals surface area contributed by atoms with Gasteiger partial charge in [0.05, 0.1) is 12.5 Å². The molecule has 1 saturated heterocycles. The summed E-state index contributed by atoms with van der Waals surface area (Å²) >= 11 is 0. The van der Waals surface area contributed by atoms with E-state index in [1.165, 1.54) is 10.9 Å². The molecule has 0 aliphatic carbocycles. The number of hydrogen-bond acceptors (Lipinski definition) is 1. The lowest BCUT2D eigenvalue weighted by atomic mass is 10.0. The van der Waals surface area contributed by atoms with Crippen LogP contribution in [0.3, 0.4) is 0 Å². The number of carbonyl (C=O) groups is 1. The molecule has 2 aromatic carbocycles. The lowest BCUT2D eigenvalue weighted by molar-refractivity contribution is -0.131. The van der Waals surface area contributed by atoms with Gasteiger partial charge in [-0.3, -0.25) is 4.79 Å². The van der Waals surface area contributed by atoms with E-state index < -0.39 is 0 Å². The van der Waals surface area contributed by atoms with Gasteiger partial charge in [-0.1, -0.05) is 48.5 Å². The fourth-order valence-electron chi connectivity index (χ4n) is 3.90. The van der Waals surface area contributed by atoms with E-state index in [2.05, 4.69) is 53.2 Å². The van der Waals surface area contributed by atoms with Crippen LogP contribution in [0.4, 0.5) is 0 Å². The lowest BCUT2D eigenvalue weighted by Crippen LogP contribution is -2.31. The second-order valence-corrected chi connectivity index (χ2v) is 6.61. The van der Waals surface area contributed by atoms with Crippen molar-refractivity contribution in [3.05, 3.63) is 71.4 Å². The highest BCUT2D eigenvalue weighted by Crippen LogP contribution is 2.33. The molecular formula is C21H22N2O. The van der Waals surface area contributed by atoms with Crippen LogP contribution >= 0.6 is 0 Å². The maximum atomic E-state index is 13.0. The first-order valence-corrected chi connectivity index (χ1v) is 8.64. The number of nitrogens with one attached hydrogen (secondary N) is 1. The highest BCUT2D eigenvalue weighted by molar-refractivity contribution is 5.90. The van der Waals surface area contributed by atoms with Gasteiger partial charge in [-0.2, -0.15) is 0 Å². The highest BCUT2D eigenvalue weighted by atomic mass is 16.2. The van der Waals surface area contributed by atoms with Gasteiger partial charge >= 0.3 is 0 Å². The Morgan fingerprint density at radius 2 is 1.88 bits per heavy atom. The first-order chi connectivity index (χ1) is 11.7. The fourth-order valence-corrected chi connectivity index (χ4v) is 3.90. The number of rotatable bonds is 3. The van der Waals surface area contributed by atoms with Crippen LogP contribution in [0.5, 0.6) is 0 Å². The summed E-state index contributed by atoms with van der Waals surface area (Å²) in [5, 5.41) is 1.17. The van der Waals surface area contributed by atoms with Crippen LogP contribution in [0.15, 0.2) is 54.6 Å². The number of amides is 1. The Balaban J connectivity index is 1.60. The van der Waals surface area contributed by atoms with E-state index >= 15 is 0 Å². The molecular weight excluding hydrogens is 296 g/mol. The summed E-state index contributed by atoms with van der Waals surface area (Å²) in [5.41, 5.74) is 4.59. The molecule has 3 nitrogen and oxygen atoms in total. The molecule has 0 spiro atoms. The molecule has 1 fully saturated rings. The average Bonchev–Trinajstić information content (AvgIpc) is 3.21. The fraction of sp³-hybridized carbons (Fsp3) is 0.286. The molecule has 0 saturated carbocycles. The molecule has 1 aliphatic heterocycles. The second-order valence-electron chi connectivity index (χ2n) is 6.61. The quantitative estimate of drug-likeness (QED) is 0.764. The molecule has 4 rings (SSSR count). The zero-order chi connectivity index (χ0) is 16.5. The van der Waals surface area contributed by atoms with Crippen LogP contribution in [-0.2, 0) is 11.2 Å². The van der Waals surface area contributed by atoms with Crippen molar-refractivity contribution in [2.24, 2.45) is 0 Å². The van der Waals surface area contributed by atoms with E-state index in [-0.39, 0.29) is 11.9 Å². The number of para-hydroxylation sites is 1. The normalized spacial score (nSPS) is 17.5. The van der Waals surface area contributed by atoms with E-state index in [4.69, 9.17) is 0 Å². The Morgan fingerprint density at radius 1 is 1.12 bits per heavy atom. The minimum Gasteiger partial charge on any atom is -0.358 e. The number of aromatic nitrogens is 1. The highest BCUT2D eigenvalue weighted by Gasteiger charge is 2.30. The van der Waals surface area contributed by atoms with Crippen LogP contribution in [-0.4, -0.2) is 22.3 Å². The van der Waals surface area contributed by atoms with Crippen molar-refractivity contribution in [2.75, 3.05) is 6.54 Å². The third-order valence-electron chi connectivity index (χ3n) is 5.11. The molecule has 2 heterocycles. The summed E-state index contributed by atoms with van der Waals surface area (Å²) in [6.07, 6.45) is 2.61. The molecule has 3 aromatic rings. The van der Waals surface area contributed by atoms with Gasteiger partial charge < -0.3 is 9.88 Å². The minimum atomic E-state index is 0.226. The van der Waals surface area contributed by atoms with E-state index in [1.807, 2.05) is 18.2 Å². The number of fused-ring (bicyclic) bond motifs is 1. The van der Waals surface area contributed by atoms with Crippen molar-refractivity contribution in [1.29, 1.82) is 0 Å². The Bertz CT molecular complexity index is 866. The lowest BCUT2D eigenvalue weighted by Gasteiger charge is -2.25. The van der Waals surface area contributed by atoms with Gasteiger partial charge in [0.15, 0.2) is 0 Å². The summed E-state index contributed by atoms with van der Waals surface area (Å²) in [5.74, 6) is 0.231. The SMILES string of the molecule is Cc1[nH]c2ccccc2c1CC(=O)N1CCC[C@H]1c1ccccc1. The third kappa shape index (κ3) is 2.60. The van der Waals surface area contributed by atoms with E-state index in [0.29, 0.717) is 6.42 Å². The molecule has 3 heteroatoms. The van der Waals surface area contributed by atoms with Crippen molar-refractivity contribution < 1.29 is 4.79 Å². The van der Waals surface area contributed by atoms with Gasteiger partial charge in [0, 0.05) is 23.1 Å². The number of nitrogens with zero attached hydrogens (tertiary/aromatic N) is 1. The number of benzene rings is 2. The van der Waals surface area contributed by atoms with Crippen LogP contribution in [0.1, 0.15) is 35.7 Å². The number of H-pyrrole nitrogens is 1. The zero-order valence-corrected chi connectivity index (χ0v) is 14.0. The van der Waals surface area contributed by atoms with Crippen molar-refractivity contribution in [2.45, 2.75) is 32.2 Å². The number of aromatic amines is 1. The molecule has 1 amide bonds. The van der Waals surface area contributed by atoms with Crippen molar-refractivity contribution in [1.82, 2.24) is 9.88 Å². The predicted octanol–water partition coefficient (Wildman–Crippen LogP) is 4.38. The molecule has 0 radical (unpaired) electrons. The summed E-state index contributed by atoms with van der Waals surface area (Å²) in [4.78, 5) is 18.5. The monoisotopic (exact) mass is 318 g/mol. The molecule has 1 aromatic heterocycles. The molecule has 24 heavy (non-hydrogen) atoms. The minimum absolute atomic E-state index is 0.226. The largest absolute Gasteiger partial charge is 0.358 e. The van der Waals surface area contributed by atoms with Crippen LogP contribution in [0.2, 0.25) is 0 Å². The Labute approximate surface area is 142 Å².